The van der Waals surface area contributed by atoms with E-state index in [1.165, 1.54) is 29.5 Å². The Labute approximate surface area is 158 Å². The smallest absolute Gasteiger partial charge is 0.0647 e. The third-order valence-corrected chi connectivity index (χ3v) is 6.18. The molecule has 1 saturated carbocycles. The molecule has 26 heavy (non-hydrogen) atoms. The van der Waals surface area contributed by atoms with Gasteiger partial charge in [-0.1, -0.05) is 43.7 Å². The molecule has 3 N–H and O–H groups in total. The van der Waals surface area contributed by atoms with E-state index in [1.807, 2.05) is 0 Å². The monoisotopic (exact) mass is 357 g/mol. The molecule has 0 aromatic heterocycles. The number of aliphatic hydroxyl groups excluding tert-OH is 1. The van der Waals surface area contributed by atoms with E-state index in [2.05, 4.69) is 37.3 Å². The molecular formula is C23H35NO2. The minimum Gasteiger partial charge on any atom is -0.394 e. The summed E-state index contributed by atoms with van der Waals surface area (Å²) in [5, 5.41) is 9.50. The van der Waals surface area contributed by atoms with Gasteiger partial charge in [-0.25, -0.2) is 0 Å². The van der Waals surface area contributed by atoms with E-state index in [4.69, 9.17) is 10.5 Å². The minimum atomic E-state index is -0.366. The fraction of sp³-hybridized carbons (Fsp3) is 0.652. The lowest BCUT2D eigenvalue weighted by atomic mass is 9.82. The second-order valence-electron chi connectivity index (χ2n) is 8.39. The fourth-order valence-electron chi connectivity index (χ4n) is 4.49. The Kier molecular flexibility index (Phi) is 6.91. The van der Waals surface area contributed by atoms with Gasteiger partial charge in [-0.2, -0.15) is 0 Å². The first kappa shape index (κ1) is 19.6. The van der Waals surface area contributed by atoms with Crippen LogP contribution in [0.2, 0.25) is 0 Å². The highest BCUT2D eigenvalue weighted by atomic mass is 16.5. The zero-order valence-corrected chi connectivity index (χ0v) is 16.3. The van der Waals surface area contributed by atoms with Gasteiger partial charge in [-0.3, -0.25) is 0 Å². The number of hydrogen-bond donors (Lipinski definition) is 2. The lowest BCUT2D eigenvalue weighted by molar-refractivity contribution is 0.116. The molecule has 3 rings (SSSR count). The molecule has 0 saturated heterocycles. The molecule has 144 valence electrons. The van der Waals surface area contributed by atoms with Crippen LogP contribution in [0.25, 0.3) is 0 Å². The molecule has 0 bridgehead atoms. The van der Waals surface area contributed by atoms with Gasteiger partial charge >= 0.3 is 0 Å². The predicted molar refractivity (Wildman–Crippen MR) is 107 cm³/mol. The van der Waals surface area contributed by atoms with Crippen molar-refractivity contribution in [3.8, 4) is 0 Å². The number of aryl methyl sites for hydroxylation is 1. The Bertz CT molecular complexity index is 612. The third-order valence-electron chi connectivity index (χ3n) is 6.18. The normalized spacial score (nSPS) is 28.6. The van der Waals surface area contributed by atoms with Crippen LogP contribution in [0.4, 0.5) is 0 Å². The molecule has 3 heteroatoms. The van der Waals surface area contributed by atoms with Crippen LogP contribution in [0.5, 0.6) is 0 Å². The summed E-state index contributed by atoms with van der Waals surface area (Å²) in [6, 6.07) is 7.03. The number of ether oxygens (including phenoxy) is 1. The van der Waals surface area contributed by atoms with E-state index in [-0.39, 0.29) is 12.1 Å². The van der Waals surface area contributed by atoms with Crippen LogP contribution in [-0.2, 0) is 17.6 Å². The van der Waals surface area contributed by atoms with E-state index in [0.717, 1.165) is 51.7 Å². The molecule has 0 heterocycles. The minimum absolute atomic E-state index is 0.101. The molecule has 3 nitrogen and oxygen atoms in total. The van der Waals surface area contributed by atoms with Crippen LogP contribution in [0.15, 0.2) is 30.4 Å². The van der Waals surface area contributed by atoms with Crippen molar-refractivity contribution < 1.29 is 9.84 Å². The van der Waals surface area contributed by atoms with Crippen molar-refractivity contribution in [3.63, 3.8) is 0 Å². The lowest BCUT2D eigenvalue weighted by Crippen LogP contribution is -2.40. The number of allylic oxidation sites excluding steroid dienone is 1. The fourth-order valence-corrected chi connectivity index (χ4v) is 4.49. The molecular weight excluding hydrogens is 322 g/mol. The zero-order valence-electron chi connectivity index (χ0n) is 16.3. The summed E-state index contributed by atoms with van der Waals surface area (Å²) in [6.07, 6.45) is 13.2. The molecule has 2 aliphatic carbocycles. The highest BCUT2D eigenvalue weighted by molar-refractivity contribution is 5.36. The van der Waals surface area contributed by atoms with Gasteiger partial charge < -0.3 is 15.6 Å². The Morgan fingerprint density at radius 2 is 2.15 bits per heavy atom. The van der Waals surface area contributed by atoms with Gasteiger partial charge in [0.2, 0.25) is 0 Å². The van der Waals surface area contributed by atoms with E-state index in [1.54, 1.807) is 0 Å². The maximum absolute atomic E-state index is 9.50. The molecule has 1 aromatic rings. The van der Waals surface area contributed by atoms with E-state index in [9.17, 15) is 5.11 Å². The Morgan fingerprint density at radius 1 is 1.27 bits per heavy atom. The van der Waals surface area contributed by atoms with Crippen LogP contribution < -0.4 is 5.73 Å². The summed E-state index contributed by atoms with van der Waals surface area (Å²) in [5.41, 5.74) is 10.3. The van der Waals surface area contributed by atoms with Gasteiger partial charge in [0.1, 0.15) is 0 Å². The maximum atomic E-state index is 9.50. The van der Waals surface area contributed by atoms with Crippen LogP contribution in [0.3, 0.4) is 0 Å². The summed E-state index contributed by atoms with van der Waals surface area (Å²) in [6.45, 7) is 3.91. The Hall–Kier alpha value is -1.16. The first-order valence-corrected chi connectivity index (χ1v) is 10.4. The van der Waals surface area contributed by atoms with Crippen LogP contribution in [0.1, 0.15) is 68.1 Å². The molecule has 0 spiro atoms. The summed E-state index contributed by atoms with van der Waals surface area (Å²) in [7, 11) is 0. The van der Waals surface area contributed by atoms with Gasteiger partial charge in [0, 0.05) is 5.54 Å². The van der Waals surface area contributed by atoms with Crippen LogP contribution >= 0.6 is 0 Å². The molecule has 0 aliphatic heterocycles. The molecule has 1 fully saturated rings. The third kappa shape index (κ3) is 4.97. The highest BCUT2D eigenvalue weighted by Crippen LogP contribution is 2.40. The van der Waals surface area contributed by atoms with Crippen molar-refractivity contribution in [3.05, 3.63) is 47.0 Å². The summed E-state index contributed by atoms with van der Waals surface area (Å²) < 4.78 is 5.85. The summed E-state index contributed by atoms with van der Waals surface area (Å²) >= 11 is 0. The van der Waals surface area contributed by atoms with E-state index >= 15 is 0 Å². The number of rotatable bonds is 8. The molecule has 0 amide bonds. The summed E-state index contributed by atoms with van der Waals surface area (Å²) in [4.78, 5) is 0. The van der Waals surface area contributed by atoms with Gasteiger partial charge in [0.25, 0.3) is 0 Å². The first-order valence-electron chi connectivity index (χ1n) is 10.4. The quantitative estimate of drug-likeness (QED) is 0.543. The lowest BCUT2D eigenvalue weighted by Gasteiger charge is -2.26. The van der Waals surface area contributed by atoms with E-state index in [0.29, 0.717) is 11.8 Å². The van der Waals surface area contributed by atoms with Crippen molar-refractivity contribution >= 4 is 0 Å². The molecule has 1 aromatic carbocycles. The standard InChI is InChI=1S/C23H35NO2/c1-2-3-4-5-12-26-16-18-6-7-20-14-21(9-8-19(20)13-18)22-10-11-23(24,15-22)17-25/h4-5,8-9,14,18,22,25H,2-3,6-7,10-13,15-17,24H2,1H3/b5-4+/t18-,22+,23-/m1/s1. The molecule has 3 atom stereocenters. The number of hydrogen-bond acceptors (Lipinski definition) is 3. The van der Waals surface area contributed by atoms with Crippen molar-refractivity contribution in [2.24, 2.45) is 11.7 Å². The highest BCUT2D eigenvalue weighted by Gasteiger charge is 2.36. The number of fused-ring (bicyclic) bond motifs is 1. The Morgan fingerprint density at radius 3 is 2.92 bits per heavy atom. The van der Waals surface area contributed by atoms with Crippen molar-refractivity contribution in [1.82, 2.24) is 0 Å². The van der Waals surface area contributed by atoms with Gasteiger partial charge in [0.05, 0.1) is 19.8 Å². The maximum Gasteiger partial charge on any atom is 0.0647 e. The number of unbranched alkanes of at least 4 members (excludes halogenated alkanes) is 1. The predicted octanol–water partition coefficient (Wildman–Crippen LogP) is 4.12. The largest absolute Gasteiger partial charge is 0.394 e. The van der Waals surface area contributed by atoms with Crippen LogP contribution in [0, 0.1) is 5.92 Å². The van der Waals surface area contributed by atoms with E-state index < -0.39 is 0 Å². The van der Waals surface area contributed by atoms with Gasteiger partial charge in [-0.05, 0) is 73.5 Å². The zero-order chi connectivity index (χ0) is 18.4. The van der Waals surface area contributed by atoms with Gasteiger partial charge in [0.15, 0.2) is 0 Å². The first-order chi connectivity index (χ1) is 12.6. The number of benzene rings is 1. The van der Waals surface area contributed by atoms with Gasteiger partial charge in [-0.15, -0.1) is 0 Å². The second-order valence-corrected chi connectivity index (χ2v) is 8.39. The summed E-state index contributed by atoms with van der Waals surface area (Å²) in [5.74, 6) is 1.15. The SMILES string of the molecule is CCC/C=C/COC[C@@H]1CCc2cc([C@H]3CC[C@](N)(CO)C3)ccc2C1. The average Bonchev–Trinajstić information content (AvgIpc) is 3.07. The molecule has 2 aliphatic rings. The van der Waals surface area contributed by atoms with Crippen molar-refractivity contribution in [2.75, 3.05) is 19.8 Å². The topological polar surface area (TPSA) is 55.5 Å². The average molecular weight is 358 g/mol. The Balaban J connectivity index is 1.51. The van der Waals surface area contributed by atoms with Crippen LogP contribution in [-0.4, -0.2) is 30.5 Å². The number of aliphatic hydroxyl groups is 1. The van der Waals surface area contributed by atoms with Crippen molar-refractivity contribution in [2.45, 2.75) is 69.7 Å². The molecule has 0 radical (unpaired) electrons. The van der Waals surface area contributed by atoms with Crippen molar-refractivity contribution in [1.29, 1.82) is 0 Å². The second kappa shape index (κ2) is 9.16. The molecule has 0 unspecified atom stereocenters. The number of nitrogens with two attached hydrogens (primary N) is 1.